The molecule has 0 fully saturated rings. The van der Waals surface area contributed by atoms with E-state index in [-0.39, 0.29) is 11.7 Å². The minimum absolute atomic E-state index is 0.203. The van der Waals surface area contributed by atoms with E-state index in [0.717, 1.165) is 5.56 Å². The van der Waals surface area contributed by atoms with Crippen LogP contribution in [-0.2, 0) is 5.88 Å². The van der Waals surface area contributed by atoms with Gasteiger partial charge in [0, 0.05) is 6.07 Å². The third-order valence-electron chi connectivity index (χ3n) is 3.29. The van der Waals surface area contributed by atoms with Crippen LogP contribution in [0.4, 0.5) is 4.39 Å². The molecule has 0 saturated carbocycles. The van der Waals surface area contributed by atoms with E-state index in [1.54, 1.807) is 23.8 Å². The van der Waals surface area contributed by atoms with Crippen LogP contribution in [0, 0.1) is 12.7 Å². The lowest BCUT2D eigenvalue weighted by atomic mass is 10.2. The Balaban J connectivity index is 2.36. The molecule has 6 heteroatoms. The monoisotopic (exact) mass is 305 g/mol. The Kier molecular flexibility index (Phi) is 3.51. The Labute approximate surface area is 126 Å². The summed E-state index contributed by atoms with van der Waals surface area (Å²) in [5, 5.41) is 0. The second-order valence-corrected chi connectivity index (χ2v) is 4.89. The van der Waals surface area contributed by atoms with Crippen LogP contribution in [0.5, 0.6) is 5.88 Å². The number of hydrogen-bond acceptors (Lipinski definition) is 3. The molecule has 0 aliphatic heterocycles. The minimum atomic E-state index is -0.319. The van der Waals surface area contributed by atoms with Gasteiger partial charge in [0.1, 0.15) is 17.2 Å². The van der Waals surface area contributed by atoms with Crippen LogP contribution in [0.25, 0.3) is 16.9 Å². The Bertz CT molecular complexity index is 816. The number of alkyl halides is 1. The molecule has 3 rings (SSSR count). The summed E-state index contributed by atoms with van der Waals surface area (Å²) in [5.41, 5.74) is 2.87. The molecule has 21 heavy (non-hydrogen) atoms. The zero-order valence-corrected chi connectivity index (χ0v) is 12.4. The molecule has 0 bridgehead atoms. The third kappa shape index (κ3) is 2.34. The van der Waals surface area contributed by atoms with Gasteiger partial charge in [-0.3, -0.25) is 4.57 Å². The molecule has 0 aliphatic carbocycles. The smallest absolute Gasteiger partial charge is 0.215 e. The highest BCUT2D eigenvalue weighted by molar-refractivity contribution is 6.16. The number of aromatic nitrogens is 3. The van der Waals surface area contributed by atoms with Gasteiger partial charge in [-0.25, -0.2) is 9.37 Å². The number of nitrogens with zero attached hydrogens (tertiary/aromatic N) is 3. The summed E-state index contributed by atoms with van der Waals surface area (Å²) in [5.74, 6) is 0.968. The van der Waals surface area contributed by atoms with Crippen LogP contribution >= 0.6 is 11.6 Å². The van der Waals surface area contributed by atoms with Gasteiger partial charge in [-0.1, -0.05) is 6.07 Å². The number of aryl methyl sites for hydroxylation is 1. The average Bonchev–Trinajstić information content (AvgIpc) is 2.87. The summed E-state index contributed by atoms with van der Waals surface area (Å²) in [4.78, 5) is 8.85. The molecule has 1 aromatic carbocycles. The van der Waals surface area contributed by atoms with E-state index < -0.39 is 0 Å². The number of ether oxygens (including phenoxy) is 1. The van der Waals surface area contributed by atoms with Crippen molar-refractivity contribution in [2.24, 2.45) is 0 Å². The number of hydrogen-bond donors (Lipinski definition) is 0. The molecular weight excluding hydrogens is 293 g/mol. The molecule has 0 aliphatic rings. The van der Waals surface area contributed by atoms with Crippen molar-refractivity contribution in [1.82, 2.24) is 14.5 Å². The standard InChI is InChI=1S/C15H13ClFN3O/c1-9-3-4-10(17)7-12(9)20-13(8-16)18-11-5-6-14(21-2)19-15(11)20/h3-7H,8H2,1-2H3. The summed E-state index contributed by atoms with van der Waals surface area (Å²) < 4.78 is 20.5. The highest BCUT2D eigenvalue weighted by Gasteiger charge is 2.16. The molecule has 0 radical (unpaired) electrons. The van der Waals surface area contributed by atoms with Crippen molar-refractivity contribution in [1.29, 1.82) is 0 Å². The van der Waals surface area contributed by atoms with Crippen LogP contribution in [0.3, 0.4) is 0 Å². The first-order valence-electron chi connectivity index (χ1n) is 6.39. The fourth-order valence-electron chi connectivity index (χ4n) is 2.27. The van der Waals surface area contributed by atoms with E-state index in [9.17, 15) is 4.39 Å². The van der Waals surface area contributed by atoms with Gasteiger partial charge in [0.05, 0.1) is 18.7 Å². The summed E-state index contributed by atoms with van der Waals surface area (Å²) in [6.45, 7) is 1.90. The van der Waals surface area contributed by atoms with Crippen LogP contribution < -0.4 is 4.74 Å². The Morgan fingerprint density at radius 2 is 2.05 bits per heavy atom. The van der Waals surface area contributed by atoms with Crippen LogP contribution in [-0.4, -0.2) is 21.6 Å². The number of benzene rings is 1. The van der Waals surface area contributed by atoms with Crippen molar-refractivity contribution in [3.63, 3.8) is 0 Å². The van der Waals surface area contributed by atoms with Crippen molar-refractivity contribution < 1.29 is 9.13 Å². The van der Waals surface area contributed by atoms with Crippen LogP contribution in [0.2, 0.25) is 0 Å². The van der Waals surface area contributed by atoms with Gasteiger partial charge in [0.2, 0.25) is 5.88 Å². The number of halogens is 2. The van der Waals surface area contributed by atoms with E-state index >= 15 is 0 Å². The molecule has 2 aromatic heterocycles. The van der Waals surface area contributed by atoms with E-state index in [0.29, 0.717) is 28.6 Å². The van der Waals surface area contributed by atoms with Crippen molar-refractivity contribution in [3.8, 4) is 11.6 Å². The maximum atomic E-state index is 13.6. The molecule has 4 nitrogen and oxygen atoms in total. The van der Waals surface area contributed by atoms with Gasteiger partial charge in [0.25, 0.3) is 0 Å². The van der Waals surface area contributed by atoms with Gasteiger partial charge in [0.15, 0.2) is 5.65 Å². The maximum absolute atomic E-state index is 13.6. The molecule has 0 unspecified atom stereocenters. The van der Waals surface area contributed by atoms with Gasteiger partial charge < -0.3 is 4.74 Å². The highest BCUT2D eigenvalue weighted by Crippen LogP contribution is 2.25. The molecule has 2 heterocycles. The largest absolute Gasteiger partial charge is 0.481 e. The quantitative estimate of drug-likeness (QED) is 0.694. The Morgan fingerprint density at radius 3 is 2.76 bits per heavy atom. The average molecular weight is 306 g/mol. The van der Waals surface area contributed by atoms with E-state index in [4.69, 9.17) is 16.3 Å². The van der Waals surface area contributed by atoms with Gasteiger partial charge >= 0.3 is 0 Å². The van der Waals surface area contributed by atoms with E-state index in [2.05, 4.69) is 9.97 Å². The first-order valence-corrected chi connectivity index (χ1v) is 6.92. The predicted molar refractivity (Wildman–Crippen MR) is 79.7 cm³/mol. The number of fused-ring (bicyclic) bond motifs is 1. The number of methoxy groups -OCH3 is 1. The maximum Gasteiger partial charge on any atom is 0.215 e. The van der Waals surface area contributed by atoms with Crippen molar-refractivity contribution >= 4 is 22.8 Å². The Morgan fingerprint density at radius 1 is 1.24 bits per heavy atom. The zero-order chi connectivity index (χ0) is 15.0. The summed E-state index contributed by atoms with van der Waals surface area (Å²) in [7, 11) is 1.55. The number of imidazole rings is 1. The highest BCUT2D eigenvalue weighted by atomic mass is 35.5. The normalized spacial score (nSPS) is 11.0. The fraction of sp³-hybridized carbons (Fsp3) is 0.200. The molecular formula is C15H13ClFN3O. The van der Waals surface area contributed by atoms with Crippen molar-refractivity contribution in [3.05, 3.63) is 47.5 Å². The topological polar surface area (TPSA) is 39.9 Å². The lowest BCUT2D eigenvalue weighted by Crippen LogP contribution is -2.03. The molecule has 3 aromatic rings. The molecule has 0 saturated heterocycles. The van der Waals surface area contributed by atoms with E-state index in [1.165, 1.54) is 12.1 Å². The first-order chi connectivity index (χ1) is 10.1. The van der Waals surface area contributed by atoms with Gasteiger partial charge in [-0.05, 0) is 30.7 Å². The zero-order valence-electron chi connectivity index (χ0n) is 11.6. The first kappa shape index (κ1) is 13.8. The lowest BCUT2D eigenvalue weighted by Gasteiger charge is -2.11. The molecule has 108 valence electrons. The van der Waals surface area contributed by atoms with Gasteiger partial charge in [-0.2, -0.15) is 4.98 Å². The SMILES string of the molecule is COc1ccc2nc(CCl)n(-c3cc(F)ccc3C)c2n1. The summed E-state index contributed by atoms with van der Waals surface area (Å²) >= 11 is 5.98. The van der Waals surface area contributed by atoms with Crippen LogP contribution in [0.15, 0.2) is 30.3 Å². The fourth-order valence-corrected chi connectivity index (χ4v) is 2.45. The Hall–Kier alpha value is -2.14. The van der Waals surface area contributed by atoms with Gasteiger partial charge in [-0.15, -0.1) is 11.6 Å². The third-order valence-corrected chi connectivity index (χ3v) is 3.53. The van der Waals surface area contributed by atoms with Crippen LogP contribution in [0.1, 0.15) is 11.4 Å². The lowest BCUT2D eigenvalue weighted by molar-refractivity contribution is 0.399. The summed E-state index contributed by atoms with van der Waals surface area (Å²) in [6.07, 6.45) is 0. The van der Waals surface area contributed by atoms with Crippen molar-refractivity contribution in [2.75, 3.05) is 7.11 Å². The molecule has 0 spiro atoms. The second kappa shape index (κ2) is 5.33. The molecule has 0 amide bonds. The number of rotatable bonds is 3. The number of pyridine rings is 1. The minimum Gasteiger partial charge on any atom is -0.481 e. The molecule has 0 N–H and O–H groups in total. The summed E-state index contributed by atoms with van der Waals surface area (Å²) in [6, 6.07) is 8.13. The van der Waals surface area contributed by atoms with E-state index in [1.807, 2.05) is 13.0 Å². The second-order valence-electron chi connectivity index (χ2n) is 4.62. The molecule has 0 atom stereocenters. The predicted octanol–water partition coefficient (Wildman–Crippen LogP) is 3.62. The van der Waals surface area contributed by atoms with Crippen molar-refractivity contribution in [2.45, 2.75) is 12.8 Å².